The van der Waals surface area contributed by atoms with Crippen LogP contribution in [0.3, 0.4) is 0 Å². The van der Waals surface area contributed by atoms with Crippen molar-refractivity contribution in [3.05, 3.63) is 24.8 Å². The molecule has 0 fully saturated rings. The fourth-order valence-corrected chi connectivity index (χ4v) is 1.85. The first-order chi connectivity index (χ1) is 14.2. The molecule has 1 atom stereocenters. The summed E-state index contributed by atoms with van der Waals surface area (Å²) in [5, 5.41) is -4.74. The van der Waals surface area contributed by atoms with E-state index >= 15 is 0 Å². The largest absolute Gasteiger partial charge is 0.468 e. The number of hydrogen-bond acceptors (Lipinski definition) is 6. The van der Waals surface area contributed by atoms with E-state index in [2.05, 4.69) is 40.0 Å². The number of ether oxygens (including phenoxy) is 3. The summed E-state index contributed by atoms with van der Waals surface area (Å²) in [6, 6.07) is 0. The van der Waals surface area contributed by atoms with Gasteiger partial charge in [-0.25, -0.2) is 9.59 Å². The maximum Gasteiger partial charge on any atom is 0.468 e. The molecular formula is C16H16F10O5S. The van der Waals surface area contributed by atoms with Gasteiger partial charge in [-0.1, -0.05) is 31.9 Å². The molecule has 0 spiro atoms. The van der Waals surface area contributed by atoms with Gasteiger partial charge in [0, 0.05) is 6.42 Å². The summed E-state index contributed by atoms with van der Waals surface area (Å²) in [5.74, 6) is -14.7. The van der Waals surface area contributed by atoms with E-state index in [0.29, 0.717) is 0 Å². The van der Waals surface area contributed by atoms with Crippen molar-refractivity contribution < 1.29 is 67.7 Å². The molecule has 0 aromatic carbocycles. The van der Waals surface area contributed by atoms with Gasteiger partial charge in [-0.05, 0) is 12.8 Å². The Kier molecular flexibility index (Phi) is 10.1. The molecule has 0 saturated heterocycles. The number of carbonyl (C=O) groups is 2. The van der Waals surface area contributed by atoms with Crippen LogP contribution < -0.4 is 0 Å². The minimum Gasteiger partial charge on any atom is -0.456 e. The monoisotopic (exact) mass is 510 g/mol. The zero-order chi connectivity index (χ0) is 25.6. The van der Waals surface area contributed by atoms with Crippen LogP contribution in [0.15, 0.2) is 24.8 Å². The van der Waals surface area contributed by atoms with Crippen LogP contribution in [0.25, 0.3) is 0 Å². The lowest BCUT2D eigenvalue weighted by Crippen LogP contribution is -2.58. The standard InChI is InChI=1S/C16H16F10O5S/c1-3-7-29-11(28)13(15(22,23)24,31-10(27)9(2)14(19,20)21)30-8-5-4-6-12(17,18)16(25,26)32/h3,32H,1-2,4-8H2. The summed E-state index contributed by atoms with van der Waals surface area (Å²) in [7, 11) is 0. The highest BCUT2D eigenvalue weighted by Gasteiger charge is 2.68. The molecule has 0 radical (unpaired) electrons. The lowest BCUT2D eigenvalue weighted by atomic mass is 10.1. The van der Waals surface area contributed by atoms with E-state index in [1.165, 1.54) is 0 Å². The van der Waals surface area contributed by atoms with E-state index in [9.17, 15) is 53.5 Å². The predicted octanol–water partition coefficient (Wildman–Crippen LogP) is 4.98. The second-order valence-electron chi connectivity index (χ2n) is 5.92. The number of esters is 2. The first kappa shape index (κ1) is 30.0. The lowest BCUT2D eigenvalue weighted by molar-refractivity contribution is -0.355. The van der Waals surface area contributed by atoms with Gasteiger partial charge in [0.15, 0.2) is 0 Å². The molecule has 0 aliphatic carbocycles. The van der Waals surface area contributed by atoms with Crippen LogP contribution in [0, 0.1) is 0 Å². The highest BCUT2D eigenvalue weighted by atomic mass is 32.1. The summed E-state index contributed by atoms with van der Waals surface area (Å²) >= 11 is 2.39. The summed E-state index contributed by atoms with van der Waals surface area (Å²) < 4.78 is 142. The van der Waals surface area contributed by atoms with Gasteiger partial charge < -0.3 is 14.2 Å². The van der Waals surface area contributed by atoms with Gasteiger partial charge in [0.25, 0.3) is 0 Å². The number of thiol groups is 1. The molecule has 0 aromatic rings. The molecule has 0 amide bonds. The topological polar surface area (TPSA) is 61.8 Å². The van der Waals surface area contributed by atoms with Crippen molar-refractivity contribution in [1.82, 2.24) is 0 Å². The van der Waals surface area contributed by atoms with Crippen LogP contribution in [0.2, 0.25) is 0 Å². The van der Waals surface area contributed by atoms with E-state index in [4.69, 9.17) is 0 Å². The average Bonchev–Trinajstić information content (AvgIpc) is 2.61. The van der Waals surface area contributed by atoms with Crippen LogP contribution in [-0.4, -0.2) is 54.5 Å². The summed E-state index contributed by atoms with van der Waals surface area (Å²) in [4.78, 5) is 23.4. The third kappa shape index (κ3) is 7.86. The molecule has 0 rings (SSSR count). The van der Waals surface area contributed by atoms with Crippen molar-refractivity contribution in [1.29, 1.82) is 0 Å². The first-order valence-corrected chi connectivity index (χ1v) is 8.64. The zero-order valence-corrected chi connectivity index (χ0v) is 16.7. The Morgan fingerprint density at radius 2 is 1.47 bits per heavy atom. The second-order valence-corrected chi connectivity index (χ2v) is 6.48. The Morgan fingerprint density at radius 1 is 0.938 bits per heavy atom. The number of carbonyl (C=O) groups excluding carboxylic acids is 2. The van der Waals surface area contributed by atoms with Crippen molar-refractivity contribution in [3.8, 4) is 0 Å². The highest BCUT2D eigenvalue weighted by Crippen LogP contribution is 2.41. The maximum absolute atomic E-state index is 13.6. The van der Waals surface area contributed by atoms with Crippen molar-refractivity contribution >= 4 is 24.6 Å². The average molecular weight is 510 g/mol. The molecule has 0 saturated carbocycles. The fraction of sp³-hybridized carbons (Fsp3) is 0.625. The van der Waals surface area contributed by atoms with Crippen molar-refractivity contribution in [2.24, 2.45) is 0 Å². The van der Waals surface area contributed by atoms with Gasteiger partial charge in [0.1, 0.15) is 12.2 Å². The van der Waals surface area contributed by atoms with E-state index in [1.54, 1.807) is 0 Å². The molecule has 0 N–H and O–H groups in total. The molecule has 32 heavy (non-hydrogen) atoms. The van der Waals surface area contributed by atoms with Crippen molar-refractivity contribution in [2.45, 2.75) is 48.6 Å². The quantitative estimate of drug-likeness (QED) is 0.0764. The zero-order valence-electron chi connectivity index (χ0n) is 15.8. The molecule has 5 nitrogen and oxygen atoms in total. The van der Waals surface area contributed by atoms with Gasteiger partial charge >= 0.3 is 41.3 Å². The molecular weight excluding hydrogens is 494 g/mol. The van der Waals surface area contributed by atoms with Gasteiger partial charge in [0.05, 0.1) is 6.61 Å². The summed E-state index contributed by atoms with van der Waals surface area (Å²) in [6.07, 6.45) is -14.1. The molecule has 0 aliphatic rings. The maximum atomic E-state index is 13.6. The normalized spacial score (nSPS) is 15.0. The van der Waals surface area contributed by atoms with Crippen LogP contribution in [0.1, 0.15) is 19.3 Å². The summed E-state index contributed by atoms with van der Waals surface area (Å²) in [6.45, 7) is 2.98. The van der Waals surface area contributed by atoms with E-state index in [-0.39, 0.29) is 0 Å². The number of alkyl halides is 10. The molecule has 0 aromatic heterocycles. The highest BCUT2D eigenvalue weighted by molar-refractivity contribution is 7.81. The second kappa shape index (κ2) is 10.8. The lowest BCUT2D eigenvalue weighted by Gasteiger charge is -2.32. The smallest absolute Gasteiger partial charge is 0.456 e. The van der Waals surface area contributed by atoms with Crippen LogP contribution >= 0.6 is 12.6 Å². The Bertz CT molecular complexity index is 699. The van der Waals surface area contributed by atoms with Gasteiger partial charge in [0.2, 0.25) is 0 Å². The Hall–Kier alpha value is -1.97. The van der Waals surface area contributed by atoms with E-state index < -0.39 is 79.3 Å². The molecule has 0 bridgehead atoms. The fourth-order valence-electron chi connectivity index (χ4n) is 1.74. The van der Waals surface area contributed by atoms with Gasteiger partial charge in [-0.15, -0.1) is 0 Å². The third-order valence-corrected chi connectivity index (χ3v) is 3.76. The van der Waals surface area contributed by atoms with Crippen LogP contribution in [0.5, 0.6) is 0 Å². The van der Waals surface area contributed by atoms with Crippen LogP contribution in [0.4, 0.5) is 43.9 Å². The Labute approximate surface area is 179 Å². The van der Waals surface area contributed by atoms with E-state index in [1.807, 2.05) is 0 Å². The van der Waals surface area contributed by atoms with Crippen molar-refractivity contribution in [2.75, 3.05) is 13.2 Å². The SMILES string of the molecule is C=CCOC(=O)C(OCCCCC(F)(F)C(F)(F)S)(OC(=O)C(=C)C(F)(F)F)C(F)(F)F. The van der Waals surface area contributed by atoms with E-state index in [0.717, 1.165) is 6.08 Å². The minimum absolute atomic E-state index is 0.759. The molecule has 0 heterocycles. The van der Waals surface area contributed by atoms with Crippen molar-refractivity contribution in [3.63, 3.8) is 0 Å². The van der Waals surface area contributed by atoms with Gasteiger partial charge in [-0.2, -0.15) is 43.9 Å². The number of hydrogen-bond donors (Lipinski definition) is 1. The predicted molar refractivity (Wildman–Crippen MR) is 89.9 cm³/mol. The molecule has 1 unspecified atom stereocenters. The first-order valence-electron chi connectivity index (χ1n) is 8.19. The minimum atomic E-state index is -6.02. The Balaban J connectivity index is 5.66. The number of rotatable bonds is 12. The third-order valence-electron chi connectivity index (χ3n) is 3.43. The molecule has 0 aliphatic heterocycles. The number of unbranched alkanes of at least 4 members (excludes halogenated alkanes) is 1. The summed E-state index contributed by atoms with van der Waals surface area (Å²) in [5.41, 5.74) is -2.43. The molecule has 16 heteroatoms. The Morgan fingerprint density at radius 3 is 1.88 bits per heavy atom. The molecule has 186 valence electrons. The van der Waals surface area contributed by atoms with Crippen LogP contribution in [-0.2, 0) is 23.8 Å². The van der Waals surface area contributed by atoms with Gasteiger partial charge in [-0.3, -0.25) is 0 Å². The number of halogens is 10.